The van der Waals surface area contributed by atoms with Gasteiger partial charge in [-0.05, 0) is 43.5 Å². The summed E-state index contributed by atoms with van der Waals surface area (Å²) in [6, 6.07) is 8.62. The fraction of sp³-hybridized carbons (Fsp3) is 0.333. The Bertz CT molecular complexity index is 733. The SMILES string of the molecule is NCc1cc(C(=O)Nc2cccc(C(=O)N3CCCCC3)c2)co1. The highest BCUT2D eigenvalue weighted by Crippen LogP contribution is 2.17. The molecule has 0 bridgehead atoms. The van der Waals surface area contributed by atoms with E-state index in [-0.39, 0.29) is 18.4 Å². The number of furan rings is 1. The van der Waals surface area contributed by atoms with Crippen molar-refractivity contribution < 1.29 is 14.0 Å². The van der Waals surface area contributed by atoms with E-state index in [1.165, 1.54) is 12.7 Å². The van der Waals surface area contributed by atoms with Gasteiger partial charge in [-0.25, -0.2) is 0 Å². The minimum absolute atomic E-state index is 0.0135. The molecule has 3 N–H and O–H groups in total. The number of nitrogens with one attached hydrogen (secondary N) is 1. The molecule has 24 heavy (non-hydrogen) atoms. The molecule has 1 aromatic heterocycles. The monoisotopic (exact) mass is 327 g/mol. The predicted molar refractivity (Wildman–Crippen MR) is 90.7 cm³/mol. The number of amides is 2. The van der Waals surface area contributed by atoms with Gasteiger partial charge in [0.05, 0.1) is 12.1 Å². The summed E-state index contributed by atoms with van der Waals surface area (Å²) in [4.78, 5) is 26.6. The zero-order valence-corrected chi connectivity index (χ0v) is 13.5. The number of nitrogens with two attached hydrogens (primary N) is 1. The van der Waals surface area contributed by atoms with Gasteiger partial charge in [0.25, 0.3) is 11.8 Å². The first kappa shape index (κ1) is 16.3. The Labute approximate surface area is 140 Å². The quantitative estimate of drug-likeness (QED) is 0.903. The normalized spacial score (nSPS) is 14.5. The summed E-state index contributed by atoms with van der Waals surface area (Å²) in [7, 11) is 0. The molecule has 2 amide bonds. The molecular formula is C18H21N3O3. The van der Waals surface area contributed by atoms with Crippen LogP contribution >= 0.6 is 0 Å². The van der Waals surface area contributed by atoms with Crippen molar-refractivity contribution in [3.63, 3.8) is 0 Å². The highest BCUT2D eigenvalue weighted by atomic mass is 16.3. The molecule has 0 unspecified atom stereocenters. The van der Waals surface area contributed by atoms with Gasteiger partial charge >= 0.3 is 0 Å². The van der Waals surface area contributed by atoms with E-state index in [9.17, 15) is 9.59 Å². The van der Waals surface area contributed by atoms with E-state index in [0.717, 1.165) is 25.9 Å². The molecule has 1 aromatic carbocycles. The van der Waals surface area contributed by atoms with Crippen LogP contribution in [-0.4, -0.2) is 29.8 Å². The van der Waals surface area contributed by atoms with Gasteiger partial charge in [-0.2, -0.15) is 0 Å². The molecule has 2 aromatic rings. The largest absolute Gasteiger partial charge is 0.467 e. The summed E-state index contributed by atoms with van der Waals surface area (Å²) < 4.78 is 5.17. The van der Waals surface area contributed by atoms with Crippen LogP contribution in [0.1, 0.15) is 45.7 Å². The van der Waals surface area contributed by atoms with E-state index < -0.39 is 0 Å². The maximum absolute atomic E-state index is 12.5. The molecule has 1 aliphatic heterocycles. The van der Waals surface area contributed by atoms with E-state index in [1.54, 1.807) is 30.3 Å². The molecular weight excluding hydrogens is 306 g/mol. The molecule has 1 saturated heterocycles. The molecule has 1 aliphatic rings. The van der Waals surface area contributed by atoms with Gasteiger partial charge in [-0.15, -0.1) is 0 Å². The molecule has 0 spiro atoms. The molecule has 0 saturated carbocycles. The molecule has 0 aliphatic carbocycles. The number of benzene rings is 1. The van der Waals surface area contributed by atoms with Gasteiger partial charge in [0, 0.05) is 24.3 Å². The number of carbonyl (C=O) groups is 2. The summed E-state index contributed by atoms with van der Waals surface area (Å²) in [5.74, 6) is 0.273. The van der Waals surface area contributed by atoms with E-state index in [1.807, 2.05) is 4.90 Å². The van der Waals surface area contributed by atoms with E-state index in [4.69, 9.17) is 10.2 Å². The fourth-order valence-electron chi connectivity index (χ4n) is 2.82. The number of piperidine rings is 1. The second kappa shape index (κ2) is 7.31. The van der Waals surface area contributed by atoms with Crippen LogP contribution in [0.15, 0.2) is 41.0 Å². The zero-order valence-electron chi connectivity index (χ0n) is 13.5. The van der Waals surface area contributed by atoms with E-state index >= 15 is 0 Å². The Hall–Kier alpha value is -2.60. The smallest absolute Gasteiger partial charge is 0.258 e. The van der Waals surface area contributed by atoms with Gasteiger partial charge < -0.3 is 20.4 Å². The molecule has 1 fully saturated rings. The second-order valence-corrected chi connectivity index (χ2v) is 5.89. The van der Waals surface area contributed by atoms with Crippen LogP contribution < -0.4 is 11.1 Å². The first-order valence-electron chi connectivity index (χ1n) is 8.15. The summed E-state index contributed by atoms with van der Waals surface area (Å²) in [6.45, 7) is 1.84. The van der Waals surface area contributed by atoms with Gasteiger partial charge in [0.1, 0.15) is 12.0 Å². The van der Waals surface area contributed by atoms with Crippen LogP contribution in [0.5, 0.6) is 0 Å². The molecule has 6 nitrogen and oxygen atoms in total. The molecule has 3 rings (SSSR count). The second-order valence-electron chi connectivity index (χ2n) is 5.89. The van der Waals surface area contributed by atoms with Crippen LogP contribution in [0, 0.1) is 0 Å². The lowest BCUT2D eigenvalue weighted by molar-refractivity contribution is 0.0724. The maximum Gasteiger partial charge on any atom is 0.258 e. The number of likely N-dealkylation sites (tertiary alicyclic amines) is 1. The number of rotatable bonds is 4. The number of carbonyl (C=O) groups excluding carboxylic acids is 2. The average Bonchev–Trinajstić information content (AvgIpc) is 3.11. The molecule has 0 radical (unpaired) electrons. The highest BCUT2D eigenvalue weighted by molar-refractivity contribution is 6.05. The number of anilines is 1. The van der Waals surface area contributed by atoms with Gasteiger partial charge in [0.2, 0.25) is 0 Å². The van der Waals surface area contributed by atoms with Crippen molar-refractivity contribution >= 4 is 17.5 Å². The summed E-state index contributed by atoms with van der Waals surface area (Å²) in [5, 5.41) is 2.78. The van der Waals surface area contributed by atoms with Crippen molar-refractivity contribution in [3.05, 3.63) is 53.5 Å². The molecule has 2 heterocycles. The highest BCUT2D eigenvalue weighted by Gasteiger charge is 2.18. The van der Waals surface area contributed by atoms with E-state index in [0.29, 0.717) is 22.6 Å². The van der Waals surface area contributed by atoms with Gasteiger partial charge in [-0.3, -0.25) is 9.59 Å². The van der Waals surface area contributed by atoms with Crippen molar-refractivity contribution in [2.24, 2.45) is 5.73 Å². The topological polar surface area (TPSA) is 88.6 Å². The lowest BCUT2D eigenvalue weighted by Gasteiger charge is -2.26. The average molecular weight is 327 g/mol. The Morgan fingerprint density at radius 1 is 1.12 bits per heavy atom. The Balaban J connectivity index is 1.70. The van der Waals surface area contributed by atoms with Crippen LogP contribution in [-0.2, 0) is 6.54 Å². The lowest BCUT2D eigenvalue weighted by Crippen LogP contribution is -2.35. The number of nitrogens with zero attached hydrogens (tertiary/aromatic N) is 1. The van der Waals surface area contributed by atoms with Crippen molar-refractivity contribution in [1.82, 2.24) is 4.90 Å². The number of hydrogen-bond donors (Lipinski definition) is 2. The van der Waals surface area contributed by atoms with Crippen molar-refractivity contribution in [3.8, 4) is 0 Å². The first-order valence-corrected chi connectivity index (χ1v) is 8.15. The van der Waals surface area contributed by atoms with Gasteiger partial charge in [0.15, 0.2) is 0 Å². The van der Waals surface area contributed by atoms with Crippen molar-refractivity contribution in [1.29, 1.82) is 0 Å². The van der Waals surface area contributed by atoms with Crippen molar-refractivity contribution in [2.75, 3.05) is 18.4 Å². The van der Waals surface area contributed by atoms with Crippen LogP contribution in [0.4, 0.5) is 5.69 Å². The summed E-state index contributed by atoms with van der Waals surface area (Å²) in [5.41, 5.74) is 7.05. The number of hydrogen-bond acceptors (Lipinski definition) is 4. The van der Waals surface area contributed by atoms with Crippen LogP contribution in [0.2, 0.25) is 0 Å². The minimum atomic E-state index is -0.291. The Kier molecular flexibility index (Phi) is 4.96. The lowest BCUT2D eigenvalue weighted by atomic mass is 10.1. The summed E-state index contributed by atoms with van der Waals surface area (Å²) >= 11 is 0. The third kappa shape index (κ3) is 3.65. The van der Waals surface area contributed by atoms with Crippen LogP contribution in [0.25, 0.3) is 0 Å². The maximum atomic E-state index is 12.5. The Morgan fingerprint density at radius 3 is 2.62 bits per heavy atom. The first-order chi connectivity index (χ1) is 11.7. The zero-order chi connectivity index (χ0) is 16.9. The minimum Gasteiger partial charge on any atom is -0.467 e. The molecule has 0 atom stereocenters. The third-order valence-corrected chi connectivity index (χ3v) is 4.13. The Morgan fingerprint density at radius 2 is 1.92 bits per heavy atom. The standard InChI is InChI=1S/C18H21N3O3/c19-11-16-10-14(12-24-16)17(22)20-15-6-4-5-13(9-15)18(23)21-7-2-1-3-8-21/h4-6,9-10,12H,1-3,7-8,11,19H2,(H,20,22). The molecule has 126 valence electrons. The molecule has 6 heteroatoms. The van der Waals surface area contributed by atoms with Crippen molar-refractivity contribution in [2.45, 2.75) is 25.8 Å². The third-order valence-electron chi connectivity index (χ3n) is 4.13. The predicted octanol–water partition coefficient (Wildman–Crippen LogP) is 2.62. The van der Waals surface area contributed by atoms with Crippen LogP contribution in [0.3, 0.4) is 0 Å². The van der Waals surface area contributed by atoms with E-state index in [2.05, 4.69) is 5.32 Å². The summed E-state index contributed by atoms with van der Waals surface area (Å²) in [6.07, 6.45) is 4.65. The fourth-order valence-corrected chi connectivity index (χ4v) is 2.82. The van der Waals surface area contributed by atoms with Gasteiger partial charge in [-0.1, -0.05) is 6.07 Å².